The maximum Gasteiger partial charge on any atom is 0.333 e. The van der Waals surface area contributed by atoms with Crippen molar-refractivity contribution in [2.75, 3.05) is 7.11 Å². The van der Waals surface area contributed by atoms with Crippen LogP contribution in [0.3, 0.4) is 0 Å². The van der Waals surface area contributed by atoms with Crippen molar-refractivity contribution >= 4 is 17.3 Å². The Kier molecular flexibility index (Phi) is 2.87. The topological polar surface area (TPSA) is 82.1 Å². The van der Waals surface area contributed by atoms with E-state index in [1.165, 1.54) is 13.2 Å². The van der Waals surface area contributed by atoms with Crippen LogP contribution in [0, 0.1) is 0 Å². The number of esters is 1. The van der Waals surface area contributed by atoms with Gasteiger partial charge in [-0.05, 0) is 6.08 Å². The molecule has 1 aliphatic carbocycles. The Morgan fingerprint density at radius 3 is 3.07 bits per heavy atom. The summed E-state index contributed by atoms with van der Waals surface area (Å²) in [7, 11) is 1.26. The predicted octanol–water partition coefficient (Wildman–Crippen LogP) is -0.787. The highest BCUT2D eigenvalue weighted by Gasteiger charge is 2.43. The Labute approximate surface area is 88.7 Å². The van der Waals surface area contributed by atoms with Crippen LogP contribution >= 0.6 is 0 Å². The molecule has 1 aliphatic heterocycles. The number of aliphatic hydroxyl groups is 1. The van der Waals surface area contributed by atoms with E-state index in [4.69, 9.17) is 8.37 Å². The van der Waals surface area contributed by atoms with E-state index in [0.717, 1.165) is 0 Å². The number of carbonyl (C=O) groups is 1. The van der Waals surface area contributed by atoms with E-state index < -0.39 is 35.6 Å². The number of rotatable bonds is 1. The Morgan fingerprint density at radius 1 is 1.67 bits per heavy atom. The Balaban J connectivity index is 2.21. The smallest absolute Gasteiger partial charge is 0.333 e. The zero-order valence-corrected chi connectivity index (χ0v) is 8.73. The molecule has 1 saturated heterocycles. The number of aliphatic hydroxyl groups excluding tert-OH is 1. The van der Waals surface area contributed by atoms with Crippen LogP contribution in [0.2, 0.25) is 0 Å². The van der Waals surface area contributed by atoms with Crippen molar-refractivity contribution in [2.45, 2.75) is 24.7 Å². The number of methoxy groups -OCH3 is 1. The molecule has 0 aromatic heterocycles. The van der Waals surface area contributed by atoms with Crippen LogP contribution in [0.25, 0.3) is 0 Å². The van der Waals surface area contributed by atoms with Crippen molar-refractivity contribution in [1.82, 2.24) is 0 Å². The number of hydrogen-bond acceptors (Lipinski definition) is 6. The summed E-state index contributed by atoms with van der Waals surface area (Å²) in [5.74, 6) is -0.520. The highest BCUT2D eigenvalue weighted by atomic mass is 32.2. The average molecular weight is 234 g/mol. The van der Waals surface area contributed by atoms with Gasteiger partial charge in [-0.1, -0.05) is 0 Å². The van der Waals surface area contributed by atoms with Crippen LogP contribution in [0.1, 0.15) is 6.42 Å². The van der Waals surface area contributed by atoms with E-state index in [-0.39, 0.29) is 6.42 Å². The zero-order valence-electron chi connectivity index (χ0n) is 7.91. The SMILES string of the molecule is COC(=O)C1=C[C@H]2O[S@](=O)O[C@H]2[C@H](O)C1. The summed E-state index contributed by atoms with van der Waals surface area (Å²) in [6.07, 6.45) is -0.619. The third-order valence-electron chi connectivity index (χ3n) is 2.32. The fourth-order valence-electron chi connectivity index (χ4n) is 1.61. The number of fused-ring (bicyclic) bond motifs is 1. The van der Waals surface area contributed by atoms with E-state index in [1.54, 1.807) is 0 Å². The standard InChI is InChI=1S/C8H10O6S/c1-12-8(10)4-2-5(9)7-6(3-4)13-15(11)14-7/h3,5-7,9H,2H2,1H3/t5-,6-,7+,15+/m1/s1. The fraction of sp³-hybridized carbons (Fsp3) is 0.625. The van der Waals surface area contributed by atoms with E-state index in [9.17, 15) is 14.1 Å². The summed E-state index contributed by atoms with van der Waals surface area (Å²) in [5, 5.41) is 9.62. The molecule has 0 amide bonds. The lowest BCUT2D eigenvalue weighted by atomic mass is 9.92. The first-order chi connectivity index (χ1) is 7.11. The molecule has 0 unspecified atom stereocenters. The van der Waals surface area contributed by atoms with Gasteiger partial charge in [-0.25, -0.2) is 4.79 Å². The van der Waals surface area contributed by atoms with Crippen LogP contribution in [-0.4, -0.2) is 40.7 Å². The molecule has 7 heteroatoms. The summed E-state index contributed by atoms with van der Waals surface area (Å²) < 4.78 is 25.1. The second-order valence-corrected chi connectivity index (χ2v) is 4.07. The van der Waals surface area contributed by atoms with Crippen molar-refractivity contribution < 1.29 is 27.2 Å². The first-order valence-corrected chi connectivity index (χ1v) is 5.35. The molecule has 2 aliphatic rings. The maximum atomic E-state index is 11.2. The normalized spacial score (nSPS) is 39.5. The molecule has 1 fully saturated rings. The van der Waals surface area contributed by atoms with Crippen LogP contribution in [0.4, 0.5) is 0 Å². The van der Waals surface area contributed by atoms with Crippen LogP contribution in [-0.2, 0) is 29.3 Å². The number of carbonyl (C=O) groups excluding carboxylic acids is 1. The lowest BCUT2D eigenvalue weighted by Crippen LogP contribution is -2.39. The molecule has 0 spiro atoms. The quantitative estimate of drug-likeness (QED) is 0.599. The van der Waals surface area contributed by atoms with Gasteiger partial charge in [0, 0.05) is 12.0 Å². The molecule has 84 valence electrons. The van der Waals surface area contributed by atoms with E-state index >= 15 is 0 Å². The Hall–Kier alpha value is -0.760. The van der Waals surface area contributed by atoms with Crippen molar-refractivity contribution in [3.05, 3.63) is 11.6 Å². The monoisotopic (exact) mass is 234 g/mol. The van der Waals surface area contributed by atoms with E-state index in [0.29, 0.717) is 5.57 Å². The summed E-state index contributed by atoms with van der Waals surface area (Å²) in [5.41, 5.74) is 0.314. The van der Waals surface area contributed by atoms with Gasteiger partial charge in [0.05, 0.1) is 13.2 Å². The molecule has 2 rings (SSSR count). The van der Waals surface area contributed by atoms with E-state index in [1.807, 2.05) is 0 Å². The van der Waals surface area contributed by atoms with Crippen molar-refractivity contribution in [2.24, 2.45) is 0 Å². The molecule has 15 heavy (non-hydrogen) atoms. The van der Waals surface area contributed by atoms with Gasteiger partial charge in [0.15, 0.2) is 0 Å². The minimum Gasteiger partial charge on any atom is -0.466 e. The molecule has 1 N–H and O–H groups in total. The Morgan fingerprint density at radius 2 is 2.40 bits per heavy atom. The molecule has 0 aromatic rings. The first kappa shape index (κ1) is 10.7. The molecular weight excluding hydrogens is 224 g/mol. The summed E-state index contributed by atoms with van der Waals surface area (Å²) in [6.45, 7) is 0. The van der Waals surface area contributed by atoms with Gasteiger partial charge >= 0.3 is 17.3 Å². The minimum atomic E-state index is -1.85. The average Bonchev–Trinajstić information content (AvgIpc) is 2.58. The largest absolute Gasteiger partial charge is 0.466 e. The number of ether oxygens (including phenoxy) is 1. The van der Waals surface area contributed by atoms with Gasteiger partial charge in [0.2, 0.25) is 0 Å². The summed E-state index contributed by atoms with van der Waals surface area (Å²) in [6, 6.07) is 0. The molecule has 6 nitrogen and oxygen atoms in total. The molecule has 4 atom stereocenters. The molecule has 0 bridgehead atoms. The van der Waals surface area contributed by atoms with Gasteiger partial charge in [-0.3, -0.25) is 8.37 Å². The second-order valence-electron chi connectivity index (χ2n) is 3.28. The highest BCUT2D eigenvalue weighted by Crippen LogP contribution is 2.30. The molecule has 0 saturated carbocycles. The van der Waals surface area contributed by atoms with Crippen molar-refractivity contribution in [3.63, 3.8) is 0 Å². The second kappa shape index (κ2) is 4.01. The highest BCUT2D eigenvalue weighted by molar-refractivity contribution is 7.75. The lowest BCUT2D eigenvalue weighted by molar-refractivity contribution is -0.137. The predicted molar refractivity (Wildman–Crippen MR) is 48.6 cm³/mol. The maximum absolute atomic E-state index is 11.2. The third kappa shape index (κ3) is 1.96. The molecule has 0 radical (unpaired) electrons. The van der Waals surface area contributed by atoms with Gasteiger partial charge < -0.3 is 9.84 Å². The lowest BCUT2D eigenvalue weighted by Gasteiger charge is -2.24. The zero-order chi connectivity index (χ0) is 11.0. The van der Waals surface area contributed by atoms with Gasteiger partial charge in [0.25, 0.3) is 0 Å². The van der Waals surface area contributed by atoms with Crippen LogP contribution < -0.4 is 0 Å². The van der Waals surface area contributed by atoms with Gasteiger partial charge in [-0.15, -0.1) is 0 Å². The molecule has 0 aromatic carbocycles. The van der Waals surface area contributed by atoms with Crippen LogP contribution in [0.15, 0.2) is 11.6 Å². The van der Waals surface area contributed by atoms with Crippen LogP contribution in [0.5, 0.6) is 0 Å². The summed E-state index contributed by atoms with van der Waals surface area (Å²) >= 11 is -1.85. The third-order valence-corrected chi connectivity index (χ3v) is 3.08. The van der Waals surface area contributed by atoms with Crippen molar-refractivity contribution in [1.29, 1.82) is 0 Å². The number of hydrogen-bond donors (Lipinski definition) is 1. The summed E-state index contributed by atoms with van der Waals surface area (Å²) in [4.78, 5) is 11.2. The minimum absolute atomic E-state index is 0.119. The van der Waals surface area contributed by atoms with Gasteiger partial charge in [-0.2, -0.15) is 4.21 Å². The fourth-order valence-corrected chi connectivity index (χ4v) is 2.42. The van der Waals surface area contributed by atoms with Gasteiger partial charge in [0.1, 0.15) is 12.2 Å². The molecule has 1 heterocycles. The first-order valence-electron chi connectivity index (χ1n) is 4.35. The van der Waals surface area contributed by atoms with E-state index in [2.05, 4.69) is 4.74 Å². The molecular formula is C8H10O6S. The Bertz CT molecular complexity index is 338. The van der Waals surface area contributed by atoms with Crippen molar-refractivity contribution in [3.8, 4) is 0 Å².